The van der Waals surface area contributed by atoms with Gasteiger partial charge in [-0.2, -0.15) is 0 Å². The monoisotopic (exact) mass is 440 g/mol. The molecule has 0 saturated carbocycles. The highest BCUT2D eigenvalue weighted by Crippen LogP contribution is 2.34. The maximum Gasteiger partial charge on any atom is 0.169 e. The van der Waals surface area contributed by atoms with E-state index in [1.165, 1.54) is 36.7 Å². The van der Waals surface area contributed by atoms with Crippen LogP contribution in [-0.4, -0.2) is 25.0 Å². The summed E-state index contributed by atoms with van der Waals surface area (Å²) in [6.07, 6.45) is 2.78. The van der Waals surface area contributed by atoms with Crippen molar-refractivity contribution in [2.24, 2.45) is 0 Å². The van der Waals surface area contributed by atoms with Crippen LogP contribution in [0.5, 0.6) is 5.75 Å². The number of hydrogen-bond acceptors (Lipinski definition) is 5. The number of hydrogen-bond donors (Lipinski definition) is 1. The van der Waals surface area contributed by atoms with Gasteiger partial charge in [0.2, 0.25) is 0 Å². The van der Waals surface area contributed by atoms with Crippen molar-refractivity contribution in [1.82, 2.24) is 19.9 Å². The highest BCUT2D eigenvalue weighted by Gasteiger charge is 2.17. The fourth-order valence-corrected chi connectivity index (χ4v) is 3.09. The molecule has 0 amide bonds. The van der Waals surface area contributed by atoms with Crippen molar-refractivity contribution >= 4 is 15.9 Å². The van der Waals surface area contributed by atoms with E-state index in [0.29, 0.717) is 21.2 Å². The molecule has 8 heteroatoms. The van der Waals surface area contributed by atoms with Gasteiger partial charge in [-0.1, -0.05) is 0 Å². The first kappa shape index (κ1) is 18.1. The Morgan fingerprint density at radius 3 is 1.61 bits per heavy atom. The van der Waals surface area contributed by atoms with Crippen LogP contribution in [0.3, 0.4) is 0 Å². The summed E-state index contributed by atoms with van der Waals surface area (Å²) in [4.78, 5) is 17.2. The zero-order valence-electron chi connectivity index (χ0n) is 14.1. The first-order valence-corrected chi connectivity index (χ1v) is 8.91. The summed E-state index contributed by atoms with van der Waals surface area (Å²) in [5.74, 6) is -0.117. The van der Waals surface area contributed by atoms with Crippen molar-refractivity contribution in [3.8, 4) is 39.9 Å². The molecule has 5 nitrogen and oxygen atoms in total. The van der Waals surface area contributed by atoms with Gasteiger partial charge in [0.05, 0.1) is 16.2 Å². The molecule has 2 heterocycles. The van der Waals surface area contributed by atoms with Crippen LogP contribution in [0.1, 0.15) is 0 Å². The minimum Gasteiger partial charge on any atom is -0.506 e. The van der Waals surface area contributed by atoms with Crippen molar-refractivity contribution in [1.29, 1.82) is 0 Å². The first-order chi connectivity index (χ1) is 13.5. The van der Waals surface area contributed by atoms with Crippen molar-refractivity contribution in [2.45, 2.75) is 0 Å². The molecule has 1 N–H and O–H groups in total. The zero-order chi connectivity index (χ0) is 19.7. The molecule has 4 rings (SSSR count). The van der Waals surface area contributed by atoms with Gasteiger partial charge in [0.25, 0.3) is 0 Å². The summed E-state index contributed by atoms with van der Waals surface area (Å²) in [6, 6.07) is 11.4. The Morgan fingerprint density at radius 2 is 1.14 bits per heavy atom. The second-order valence-electron chi connectivity index (χ2n) is 5.84. The normalized spacial score (nSPS) is 10.8. The molecule has 0 saturated heterocycles. The Hall–Kier alpha value is -3.26. The van der Waals surface area contributed by atoms with Gasteiger partial charge in [-0.3, -0.25) is 4.98 Å². The van der Waals surface area contributed by atoms with E-state index in [1.54, 1.807) is 24.3 Å². The molecule has 0 bridgehead atoms. The van der Waals surface area contributed by atoms with Gasteiger partial charge < -0.3 is 5.11 Å². The maximum absolute atomic E-state index is 13.3. The predicted molar refractivity (Wildman–Crippen MR) is 103 cm³/mol. The molecule has 2 aromatic heterocycles. The summed E-state index contributed by atoms with van der Waals surface area (Å²) < 4.78 is 27.1. The van der Waals surface area contributed by atoms with E-state index in [2.05, 4.69) is 35.9 Å². The molecule has 0 aliphatic carbocycles. The van der Waals surface area contributed by atoms with Crippen LogP contribution in [0.25, 0.3) is 34.2 Å². The Labute approximate surface area is 166 Å². The van der Waals surface area contributed by atoms with Crippen LogP contribution < -0.4 is 0 Å². The summed E-state index contributed by atoms with van der Waals surface area (Å²) in [6.45, 7) is 0. The molecule has 0 unspecified atom stereocenters. The third kappa shape index (κ3) is 3.59. The predicted octanol–water partition coefficient (Wildman–Crippen LogP) is 5.01. The number of aromatic nitrogens is 4. The number of halogens is 3. The lowest BCUT2D eigenvalue weighted by molar-refractivity contribution is 0.474. The highest BCUT2D eigenvalue weighted by molar-refractivity contribution is 9.10. The molecule has 138 valence electrons. The van der Waals surface area contributed by atoms with Gasteiger partial charge in [0.15, 0.2) is 17.5 Å². The molecule has 0 spiro atoms. The van der Waals surface area contributed by atoms with Crippen LogP contribution >= 0.6 is 15.9 Å². The zero-order valence-corrected chi connectivity index (χ0v) is 15.7. The van der Waals surface area contributed by atoms with E-state index in [9.17, 15) is 13.9 Å². The fraction of sp³-hybridized carbons (Fsp3) is 0. The third-order valence-corrected chi connectivity index (χ3v) is 4.54. The number of benzene rings is 2. The lowest BCUT2D eigenvalue weighted by Crippen LogP contribution is -2.01. The smallest absolute Gasteiger partial charge is 0.169 e. The van der Waals surface area contributed by atoms with E-state index in [-0.39, 0.29) is 34.9 Å². The topological polar surface area (TPSA) is 71.8 Å². The molecule has 0 atom stereocenters. The Balaban J connectivity index is 1.95. The first-order valence-electron chi connectivity index (χ1n) is 8.12. The molecule has 28 heavy (non-hydrogen) atoms. The molecule has 0 radical (unpaired) electrons. The van der Waals surface area contributed by atoms with Gasteiger partial charge in [-0.15, -0.1) is 0 Å². The van der Waals surface area contributed by atoms with Crippen molar-refractivity contribution in [3.63, 3.8) is 0 Å². The lowest BCUT2D eigenvalue weighted by Gasteiger charge is -2.10. The lowest BCUT2D eigenvalue weighted by atomic mass is 10.1. The number of nitrogens with zero attached hydrogens (tertiary/aromatic N) is 4. The second kappa shape index (κ2) is 7.40. The van der Waals surface area contributed by atoms with Crippen LogP contribution in [-0.2, 0) is 0 Å². The standard InChI is InChI=1S/C20H11BrF2N4O/c21-15-9-24-10-16(28)17(15)20-26-18(11-1-5-13(22)6-2-11)25-19(27-20)12-3-7-14(23)8-4-12/h1-10,28H. The molecule has 0 fully saturated rings. The van der Waals surface area contributed by atoms with Gasteiger partial charge in [-0.25, -0.2) is 23.7 Å². The molecule has 0 aliphatic heterocycles. The Bertz CT molecular complexity index is 1070. The second-order valence-corrected chi connectivity index (χ2v) is 6.69. The van der Waals surface area contributed by atoms with Crippen LogP contribution in [0, 0.1) is 11.6 Å². The Morgan fingerprint density at radius 1 is 0.679 bits per heavy atom. The van der Waals surface area contributed by atoms with Crippen LogP contribution in [0.4, 0.5) is 8.78 Å². The van der Waals surface area contributed by atoms with E-state index in [1.807, 2.05) is 0 Å². The summed E-state index contributed by atoms with van der Waals surface area (Å²) in [5.41, 5.74) is 1.47. The van der Waals surface area contributed by atoms with Crippen LogP contribution in [0.15, 0.2) is 65.4 Å². The van der Waals surface area contributed by atoms with Gasteiger partial charge >= 0.3 is 0 Å². The summed E-state index contributed by atoms with van der Waals surface area (Å²) in [5, 5.41) is 10.2. The highest BCUT2D eigenvalue weighted by atomic mass is 79.9. The average molecular weight is 441 g/mol. The molecular weight excluding hydrogens is 430 g/mol. The van der Waals surface area contributed by atoms with Crippen molar-refractivity contribution in [3.05, 3.63) is 77.0 Å². The Kier molecular flexibility index (Phi) is 4.79. The van der Waals surface area contributed by atoms with Gasteiger partial charge in [-0.05, 0) is 64.5 Å². The van der Waals surface area contributed by atoms with E-state index in [4.69, 9.17) is 0 Å². The quantitative estimate of drug-likeness (QED) is 0.484. The van der Waals surface area contributed by atoms with E-state index < -0.39 is 0 Å². The van der Waals surface area contributed by atoms with E-state index >= 15 is 0 Å². The molecule has 2 aromatic carbocycles. The van der Waals surface area contributed by atoms with Crippen molar-refractivity contribution < 1.29 is 13.9 Å². The molecule has 0 aliphatic rings. The molecular formula is C20H11BrF2N4O. The maximum atomic E-state index is 13.3. The largest absolute Gasteiger partial charge is 0.506 e. The number of aromatic hydroxyl groups is 1. The van der Waals surface area contributed by atoms with Gasteiger partial charge in [0.1, 0.15) is 17.4 Å². The summed E-state index contributed by atoms with van der Waals surface area (Å²) >= 11 is 3.34. The van der Waals surface area contributed by atoms with Crippen LogP contribution in [0.2, 0.25) is 0 Å². The average Bonchev–Trinajstić information content (AvgIpc) is 2.69. The summed E-state index contributed by atoms with van der Waals surface area (Å²) in [7, 11) is 0. The number of pyridine rings is 1. The molecule has 4 aromatic rings. The SMILES string of the molecule is Oc1cncc(Br)c1-c1nc(-c2ccc(F)cc2)nc(-c2ccc(F)cc2)n1. The van der Waals surface area contributed by atoms with Crippen molar-refractivity contribution in [2.75, 3.05) is 0 Å². The van der Waals surface area contributed by atoms with E-state index in [0.717, 1.165) is 0 Å². The number of rotatable bonds is 3. The third-order valence-electron chi connectivity index (χ3n) is 3.94. The minimum atomic E-state index is -0.383. The fourth-order valence-electron chi connectivity index (χ4n) is 2.59. The minimum absolute atomic E-state index is 0.115. The van der Waals surface area contributed by atoms with Gasteiger partial charge in [0, 0.05) is 17.3 Å².